The summed E-state index contributed by atoms with van der Waals surface area (Å²) in [5, 5.41) is 4.53. The van der Waals surface area contributed by atoms with E-state index in [9.17, 15) is 0 Å². The van der Waals surface area contributed by atoms with E-state index in [-0.39, 0.29) is 6.61 Å². The Morgan fingerprint density at radius 2 is 1.85 bits per heavy atom. The van der Waals surface area contributed by atoms with Gasteiger partial charge in [-0.05, 0) is 30.3 Å². The molecule has 2 aromatic rings. The molecule has 2 aromatic carbocycles. The van der Waals surface area contributed by atoms with Crippen LogP contribution in [0.4, 0.5) is 0 Å². The highest BCUT2D eigenvalue weighted by Crippen LogP contribution is 2.16. The molecule has 5 heteroatoms. The van der Waals surface area contributed by atoms with Crippen molar-refractivity contribution in [1.29, 1.82) is 0 Å². The lowest BCUT2D eigenvalue weighted by Crippen LogP contribution is -2.13. The molecule has 0 saturated carbocycles. The van der Waals surface area contributed by atoms with Crippen molar-refractivity contribution in [1.82, 2.24) is 0 Å². The van der Waals surface area contributed by atoms with Gasteiger partial charge in [-0.25, -0.2) is 0 Å². The SMILES string of the molecule is COc1ccc(/C(N)=N/OCc2ccccc2Cl)cc1. The van der Waals surface area contributed by atoms with E-state index in [0.29, 0.717) is 10.9 Å². The highest BCUT2D eigenvalue weighted by molar-refractivity contribution is 6.31. The maximum atomic E-state index is 6.02. The maximum Gasteiger partial charge on any atom is 0.170 e. The molecular formula is C15H15ClN2O2. The normalized spacial score (nSPS) is 11.2. The number of rotatable bonds is 5. The van der Waals surface area contributed by atoms with Gasteiger partial charge in [0.05, 0.1) is 7.11 Å². The number of nitrogens with zero attached hydrogens (tertiary/aromatic N) is 1. The summed E-state index contributed by atoms with van der Waals surface area (Å²) in [5.74, 6) is 1.07. The average molecular weight is 291 g/mol. The summed E-state index contributed by atoms with van der Waals surface area (Å²) < 4.78 is 5.07. The molecule has 0 heterocycles. The number of benzene rings is 2. The van der Waals surface area contributed by atoms with Gasteiger partial charge in [-0.2, -0.15) is 0 Å². The van der Waals surface area contributed by atoms with Gasteiger partial charge in [-0.3, -0.25) is 0 Å². The van der Waals surface area contributed by atoms with Crippen molar-refractivity contribution in [2.24, 2.45) is 10.9 Å². The van der Waals surface area contributed by atoms with Gasteiger partial charge in [0.1, 0.15) is 12.4 Å². The molecule has 0 aromatic heterocycles. The molecule has 20 heavy (non-hydrogen) atoms. The minimum atomic E-state index is 0.274. The van der Waals surface area contributed by atoms with E-state index in [2.05, 4.69) is 5.16 Å². The van der Waals surface area contributed by atoms with Crippen LogP contribution in [0.3, 0.4) is 0 Å². The number of hydrogen-bond donors (Lipinski definition) is 1. The topological polar surface area (TPSA) is 56.8 Å². The molecule has 0 bridgehead atoms. The average Bonchev–Trinajstić information content (AvgIpc) is 2.49. The van der Waals surface area contributed by atoms with Crippen molar-refractivity contribution in [3.63, 3.8) is 0 Å². The Balaban J connectivity index is 1.98. The van der Waals surface area contributed by atoms with E-state index in [1.165, 1.54) is 0 Å². The summed E-state index contributed by atoms with van der Waals surface area (Å²) in [6.07, 6.45) is 0. The second-order valence-electron chi connectivity index (χ2n) is 4.07. The van der Waals surface area contributed by atoms with Gasteiger partial charge >= 0.3 is 0 Å². The van der Waals surface area contributed by atoms with Gasteiger partial charge in [0.2, 0.25) is 0 Å². The zero-order valence-electron chi connectivity index (χ0n) is 11.0. The van der Waals surface area contributed by atoms with Crippen LogP contribution in [0, 0.1) is 0 Å². The van der Waals surface area contributed by atoms with Crippen molar-refractivity contribution in [2.75, 3.05) is 7.11 Å². The first-order chi connectivity index (χ1) is 9.70. The molecule has 0 unspecified atom stereocenters. The van der Waals surface area contributed by atoms with E-state index >= 15 is 0 Å². The van der Waals surface area contributed by atoms with Crippen LogP contribution in [-0.4, -0.2) is 12.9 Å². The monoisotopic (exact) mass is 290 g/mol. The lowest BCUT2D eigenvalue weighted by atomic mass is 10.2. The molecule has 2 N–H and O–H groups in total. The molecule has 0 radical (unpaired) electrons. The fraction of sp³-hybridized carbons (Fsp3) is 0.133. The lowest BCUT2D eigenvalue weighted by molar-refractivity contribution is 0.130. The second kappa shape index (κ2) is 6.82. The van der Waals surface area contributed by atoms with Crippen LogP contribution in [0.25, 0.3) is 0 Å². The second-order valence-corrected chi connectivity index (χ2v) is 4.48. The summed E-state index contributed by atoms with van der Waals surface area (Å²) in [6, 6.07) is 14.7. The molecule has 4 nitrogen and oxygen atoms in total. The molecule has 2 rings (SSSR count). The molecular weight excluding hydrogens is 276 g/mol. The van der Waals surface area contributed by atoms with Crippen molar-refractivity contribution in [2.45, 2.75) is 6.61 Å². The Morgan fingerprint density at radius 1 is 1.15 bits per heavy atom. The van der Waals surface area contributed by atoms with Crippen LogP contribution >= 0.6 is 11.6 Å². The molecule has 0 aliphatic rings. The largest absolute Gasteiger partial charge is 0.497 e. The summed E-state index contributed by atoms with van der Waals surface area (Å²) in [6.45, 7) is 0.274. The zero-order chi connectivity index (χ0) is 14.4. The smallest absolute Gasteiger partial charge is 0.170 e. The minimum Gasteiger partial charge on any atom is -0.497 e. The van der Waals surface area contributed by atoms with E-state index in [0.717, 1.165) is 16.9 Å². The summed E-state index contributed by atoms with van der Waals surface area (Å²) >= 11 is 6.02. The first kappa shape index (κ1) is 14.2. The van der Waals surface area contributed by atoms with Gasteiger partial charge in [0, 0.05) is 16.1 Å². The molecule has 0 saturated heterocycles. The third kappa shape index (κ3) is 3.65. The quantitative estimate of drug-likeness (QED) is 0.523. The Bertz CT molecular complexity index is 597. The van der Waals surface area contributed by atoms with Crippen molar-refractivity contribution in [3.8, 4) is 5.75 Å². The third-order valence-electron chi connectivity index (χ3n) is 2.73. The van der Waals surface area contributed by atoms with Crippen LogP contribution in [0.2, 0.25) is 5.02 Å². The molecule has 0 amide bonds. The van der Waals surface area contributed by atoms with Crippen molar-refractivity contribution in [3.05, 3.63) is 64.7 Å². The summed E-state index contributed by atoms with van der Waals surface area (Å²) in [4.78, 5) is 5.22. The fourth-order valence-corrected chi connectivity index (χ4v) is 1.79. The number of ether oxygens (including phenoxy) is 1. The van der Waals surface area contributed by atoms with Crippen molar-refractivity contribution >= 4 is 17.4 Å². The Hall–Kier alpha value is -2.20. The predicted molar refractivity (Wildman–Crippen MR) is 80.0 cm³/mol. The summed E-state index contributed by atoms with van der Waals surface area (Å²) in [7, 11) is 1.61. The third-order valence-corrected chi connectivity index (χ3v) is 3.10. The van der Waals surface area contributed by atoms with Crippen LogP contribution in [0.1, 0.15) is 11.1 Å². The molecule has 0 aliphatic carbocycles. The first-order valence-electron chi connectivity index (χ1n) is 6.04. The van der Waals surface area contributed by atoms with Crippen LogP contribution in [0.5, 0.6) is 5.75 Å². The Kier molecular flexibility index (Phi) is 4.85. The molecule has 0 fully saturated rings. The zero-order valence-corrected chi connectivity index (χ0v) is 11.8. The van der Waals surface area contributed by atoms with E-state index in [1.54, 1.807) is 13.2 Å². The van der Waals surface area contributed by atoms with Gasteiger partial charge in [-0.1, -0.05) is 35.0 Å². The number of hydrogen-bond acceptors (Lipinski definition) is 3. The Morgan fingerprint density at radius 3 is 2.50 bits per heavy atom. The molecule has 0 aliphatic heterocycles. The predicted octanol–water partition coefficient (Wildman–Crippen LogP) is 3.19. The van der Waals surface area contributed by atoms with E-state index in [1.807, 2.05) is 42.5 Å². The first-order valence-corrected chi connectivity index (χ1v) is 6.42. The number of amidine groups is 1. The number of nitrogens with two attached hydrogens (primary N) is 1. The van der Waals surface area contributed by atoms with E-state index < -0.39 is 0 Å². The number of oxime groups is 1. The Labute approximate surface area is 122 Å². The number of methoxy groups -OCH3 is 1. The van der Waals surface area contributed by atoms with Crippen LogP contribution in [0.15, 0.2) is 53.7 Å². The number of halogens is 1. The molecule has 0 spiro atoms. The fourth-order valence-electron chi connectivity index (χ4n) is 1.60. The minimum absolute atomic E-state index is 0.274. The maximum absolute atomic E-state index is 6.02. The highest BCUT2D eigenvalue weighted by atomic mass is 35.5. The molecule has 0 atom stereocenters. The van der Waals surface area contributed by atoms with Crippen LogP contribution < -0.4 is 10.5 Å². The van der Waals surface area contributed by atoms with Gasteiger partial charge in [-0.15, -0.1) is 0 Å². The highest BCUT2D eigenvalue weighted by Gasteiger charge is 2.01. The van der Waals surface area contributed by atoms with Crippen molar-refractivity contribution < 1.29 is 9.57 Å². The van der Waals surface area contributed by atoms with Crippen LogP contribution in [-0.2, 0) is 11.4 Å². The van der Waals surface area contributed by atoms with E-state index in [4.69, 9.17) is 26.9 Å². The molecule has 104 valence electrons. The van der Waals surface area contributed by atoms with Gasteiger partial charge in [0.15, 0.2) is 5.84 Å². The van der Waals surface area contributed by atoms with Gasteiger partial charge < -0.3 is 15.3 Å². The van der Waals surface area contributed by atoms with Gasteiger partial charge in [0.25, 0.3) is 0 Å². The lowest BCUT2D eigenvalue weighted by Gasteiger charge is -2.05. The summed E-state index contributed by atoms with van der Waals surface area (Å²) in [5.41, 5.74) is 7.47. The standard InChI is InChI=1S/C15H15ClN2O2/c1-19-13-8-6-11(7-9-13)15(17)18-20-10-12-4-2-3-5-14(12)16/h2-9H,10H2,1H3,(H2,17,18).